The van der Waals surface area contributed by atoms with Crippen molar-refractivity contribution >= 4 is 17.5 Å². The molecule has 0 saturated carbocycles. The highest BCUT2D eigenvalue weighted by atomic mass is 19.4. The summed E-state index contributed by atoms with van der Waals surface area (Å²) in [4.78, 5) is 3.89. The molecule has 0 atom stereocenters. The number of anilines is 1. The number of aromatic nitrogens is 5. The Labute approximate surface area is 156 Å². The van der Waals surface area contributed by atoms with Crippen LogP contribution in [0.4, 0.5) is 19.0 Å². The van der Waals surface area contributed by atoms with Gasteiger partial charge in [-0.2, -0.15) is 22.8 Å². The van der Waals surface area contributed by atoms with Crippen molar-refractivity contribution in [2.75, 3.05) is 12.8 Å². The maximum atomic E-state index is 13.6. The number of nitrogens with two attached hydrogens (primary N) is 1. The van der Waals surface area contributed by atoms with E-state index >= 15 is 0 Å². The van der Waals surface area contributed by atoms with Crippen molar-refractivity contribution in [3.05, 3.63) is 59.1 Å². The molecule has 0 radical (unpaired) electrons. The number of nitrogen functional groups attached to an aromatic ring is 1. The number of pyridine rings is 1. The molecule has 2 N–H and O–H groups in total. The van der Waals surface area contributed by atoms with E-state index in [9.17, 15) is 13.2 Å². The van der Waals surface area contributed by atoms with Crippen molar-refractivity contribution in [1.29, 1.82) is 0 Å². The second kappa shape index (κ2) is 6.48. The van der Waals surface area contributed by atoms with Gasteiger partial charge in [0.25, 0.3) is 0 Å². The number of fused-ring (bicyclic) bond motifs is 1. The number of ether oxygens (including phenoxy) is 1. The molecule has 0 fully saturated rings. The van der Waals surface area contributed by atoms with Crippen molar-refractivity contribution in [2.24, 2.45) is 0 Å². The Bertz CT molecular complexity index is 1200. The summed E-state index contributed by atoms with van der Waals surface area (Å²) in [7, 11) is 1.46. The van der Waals surface area contributed by atoms with Crippen molar-refractivity contribution in [1.82, 2.24) is 24.8 Å². The summed E-state index contributed by atoms with van der Waals surface area (Å²) < 4.78 is 47.2. The fraction of sp³-hybridized carbons (Fsp3) is 0.111. The standard InChI is InChI=1S/C18H13F3N6O/c1-28-13-5-3-2-4-11(13)16-24-25-17-12(8-10-6-7-14(22)23-9-10)15(18(19,20)21)26-27(16)17/h2-9H,1H3,(H2,22,23)/b12-8+. The van der Waals surface area contributed by atoms with E-state index < -0.39 is 11.9 Å². The van der Waals surface area contributed by atoms with Crippen molar-refractivity contribution in [3.8, 4) is 17.1 Å². The molecule has 0 bridgehead atoms. The van der Waals surface area contributed by atoms with Crippen LogP contribution < -0.4 is 15.7 Å². The van der Waals surface area contributed by atoms with Crippen molar-refractivity contribution in [3.63, 3.8) is 0 Å². The number of para-hydroxylation sites is 1. The summed E-state index contributed by atoms with van der Waals surface area (Å²) in [5, 5.41) is 11.5. The lowest BCUT2D eigenvalue weighted by atomic mass is 10.2. The SMILES string of the molecule is COc1ccccc1-c1nnc2/c(=C/c3ccc(N)nc3)c(C(F)(F)F)nn12. The first kappa shape index (κ1) is 17.7. The van der Waals surface area contributed by atoms with Crippen LogP contribution in [0, 0.1) is 0 Å². The third-order valence-corrected chi connectivity index (χ3v) is 4.07. The number of alkyl halides is 3. The Morgan fingerprint density at radius 1 is 1.11 bits per heavy atom. The Morgan fingerprint density at radius 3 is 2.57 bits per heavy atom. The van der Waals surface area contributed by atoms with Gasteiger partial charge in [-0.25, -0.2) is 4.98 Å². The molecule has 0 saturated heterocycles. The molecule has 3 heterocycles. The van der Waals surface area contributed by atoms with Gasteiger partial charge < -0.3 is 10.5 Å². The topological polar surface area (TPSA) is 91.2 Å². The van der Waals surface area contributed by atoms with E-state index in [1.165, 1.54) is 25.4 Å². The quantitative estimate of drug-likeness (QED) is 0.581. The number of hydrogen-bond donors (Lipinski definition) is 1. The second-order valence-corrected chi connectivity index (χ2v) is 5.88. The van der Waals surface area contributed by atoms with Crippen LogP contribution in [0.3, 0.4) is 0 Å². The van der Waals surface area contributed by atoms with Gasteiger partial charge in [-0.15, -0.1) is 10.2 Å². The highest BCUT2D eigenvalue weighted by Crippen LogP contribution is 2.30. The molecule has 0 amide bonds. The van der Waals surface area contributed by atoms with Crippen molar-refractivity contribution in [2.45, 2.75) is 6.18 Å². The Hall–Kier alpha value is -3.69. The van der Waals surface area contributed by atoms with Crippen LogP contribution in [-0.4, -0.2) is 31.9 Å². The van der Waals surface area contributed by atoms with Gasteiger partial charge in [-0.05, 0) is 35.9 Å². The molecule has 0 unspecified atom stereocenters. The molecular weight excluding hydrogens is 373 g/mol. The van der Waals surface area contributed by atoms with E-state index in [4.69, 9.17) is 10.5 Å². The predicted molar refractivity (Wildman–Crippen MR) is 95.2 cm³/mol. The van der Waals surface area contributed by atoms with E-state index in [1.807, 2.05) is 0 Å². The highest BCUT2D eigenvalue weighted by molar-refractivity contribution is 5.68. The van der Waals surface area contributed by atoms with E-state index in [-0.39, 0.29) is 22.5 Å². The molecule has 3 aromatic heterocycles. The summed E-state index contributed by atoms with van der Waals surface area (Å²) in [6, 6.07) is 9.87. The average Bonchev–Trinajstić information content (AvgIpc) is 3.23. The molecule has 0 aliphatic carbocycles. The first-order chi connectivity index (χ1) is 13.4. The molecule has 4 rings (SSSR count). The smallest absolute Gasteiger partial charge is 0.435 e. The Kier molecular flexibility index (Phi) is 4.10. The molecule has 0 spiro atoms. The number of hydrogen-bond acceptors (Lipinski definition) is 6. The average molecular weight is 386 g/mol. The lowest BCUT2D eigenvalue weighted by Crippen LogP contribution is -2.18. The van der Waals surface area contributed by atoms with E-state index in [0.717, 1.165) is 4.52 Å². The number of rotatable bonds is 3. The van der Waals surface area contributed by atoms with Crippen molar-refractivity contribution < 1.29 is 17.9 Å². The van der Waals surface area contributed by atoms with E-state index in [1.54, 1.807) is 30.3 Å². The maximum Gasteiger partial charge on any atom is 0.435 e. The van der Waals surface area contributed by atoms with Gasteiger partial charge in [0.05, 0.1) is 17.9 Å². The molecule has 0 aliphatic rings. The van der Waals surface area contributed by atoms with Crippen LogP contribution in [-0.2, 0) is 6.18 Å². The first-order valence-electron chi connectivity index (χ1n) is 8.07. The van der Waals surface area contributed by atoms with Gasteiger partial charge in [0.2, 0.25) is 0 Å². The molecular formula is C18H13F3N6O. The third kappa shape index (κ3) is 2.98. The molecule has 142 valence electrons. The van der Waals surface area contributed by atoms with Gasteiger partial charge in [-0.3, -0.25) is 0 Å². The van der Waals surface area contributed by atoms with Gasteiger partial charge in [0.1, 0.15) is 11.6 Å². The summed E-state index contributed by atoms with van der Waals surface area (Å²) in [6.45, 7) is 0. The summed E-state index contributed by atoms with van der Waals surface area (Å²) >= 11 is 0. The summed E-state index contributed by atoms with van der Waals surface area (Å²) in [6.07, 6.45) is -2.00. The first-order valence-corrected chi connectivity index (χ1v) is 8.07. The highest BCUT2D eigenvalue weighted by Gasteiger charge is 2.37. The third-order valence-electron chi connectivity index (χ3n) is 4.07. The van der Waals surface area contributed by atoms with Gasteiger partial charge in [0, 0.05) is 6.20 Å². The fourth-order valence-corrected chi connectivity index (χ4v) is 2.81. The predicted octanol–water partition coefficient (Wildman–Crippen LogP) is 2.34. The molecule has 1 aromatic carbocycles. The summed E-state index contributed by atoms with van der Waals surface area (Å²) in [5.41, 5.74) is 5.35. The molecule has 0 aliphatic heterocycles. The maximum absolute atomic E-state index is 13.6. The van der Waals surface area contributed by atoms with Crippen LogP contribution in [0.25, 0.3) is 23.1 Å². The number of nitrogens with zero attached hydrogens (tertiary/aromatic N) is 5. The zero-order valence-electron chi connectivity index (χ0n) is 14.5. The van der Waals surface area contributed by atoms with Crippen LogP contribution in [0.2, 0.25) is 0 Å². The number of halogens is 3. The lowest BCUT2D eigenvalue weighted by molar-refractivity contribution is -0.142. The normalized spacial score (nSPS) is 12.6. The number of methoxy groups -OCH3 is 1. The van der Waals surface area contributed by atoms with E-state index in [0.29, 0.717) is 16.9 Å². The van der Waals surface area contributed by atoms with Gasteiger partial charge >= 0.3 is 6.18 Å². The minimum Gasteiger partial charge on any atom is -0.496 e. The van der Waals surface area contributed by atoms with Gasteiger partial charge in [0.15, 0.2) is 17.2 Å². The zero-order chi connectivity index (χ0) is 19.9. The Balaban J connectivity index is 2.00. The Morgan fingerprint density at radius 2 is 1.89 bits per heavy atom. The van der Waals surface area contributed by atoms with Gasteiger partial charge in [-0.1, -0.05) is 12.1 Å². The molecule has 10 heteroatoms. The van der Waals surface area contributed by atoms with Crippen LogP contribution in [0.15, 0.2) is 42.6 Å². The largest absolute Gasteiger partial charge is 0.496 e. The minimum absolute atomic E-state index is 0.0231. The monoisotopic (exact) mass is 386 g/mol. The summed E-state index contributed by atoms with van der Waals surface area (Å²) in [5.74, 6) is 0.856. The second-order valence-electron chi connectivity index (χ2n) is 5.88. The lowest BCUT2D eigenvalue weighted by Gasteiger charge is -2.05. The number of benzene rings is 1. The molecule has 7 nitrogen and oxygen atoms in total. The van der Waals surface area contributed by atoms with Crippen LogP contribution >= 0.6 is 0 Å². The van der Waals surface area contributed by atoms with Crippen LogP contribution in [0.5, 0.6) is 5.75 Å². The minimum atomic E-state index is -4.67. The van der Waals surface area contributed by atoms with Crippen LogP contribution in [0.1, 0.15) is 11.3 Å². The molecule has 4 aromatic rings. The fourth-order valence-electron chi connectivity index (χ4n) is 2.81. The molecule has 28 heavy (non-hydrogen) atoms. The zero-order valence-corrected chi connectivity index (χ0v) is 14.5. The van der Waals surface area contributed by atoms with E-state index in [2.05, 4.69) is 20.3 Å².